The number of carbonyl (C=O) groups excluding carboxylic acids is 2. The van der Waals surface area contributed by atoms with Crippen molar-refractivity contribution in [1.29, 1.82) is 0 Å². The molecular weight excluding hydrogens is 408 g/mol. The summed E-state index contributed by atoms with van der Waals surface area (Å²) in [7, 11) is 0. The molecule has 0 aliphatic carbocycles. The first kappa shape index (κ1) is 27.5. The zero-order valence-electron chi connectivity index (χ0n) is 19.7. The Morgan fingerprint density at radius 2 is 1.23 bits per heavy atom. The van der Waals surface area contributed by atoms with Crippen LogP contribution in [0.4, 0.5) is 11.4 Å². The summed E-state index contributed by atoms with van der Waals surface area (Å²) < 4.78 is 0. The van der Waals surface area contributed by atoms with Gasteiger partial charge in [0.05, 0.1) is 10.7 Å². The van der Waals surface area contributed by atoms with Gasteiger partial charge in [-0.1, -0.05) is 108 Å². The van der Waals surface area contributed by atoms with E-state index in [0.29, 0.717) is 22.8 Å². The monoisotopic (exact) mass is 450 g/mol. The minimum atomic E-state index is -0.191. The van der Waals surface area contributed by atoms with Crippen LogP contribution in [0.1, 0.15) is 117 Å². The van der Waals surface area contributed by atoms with Gasteiger partial charge in [0, 0.05) is 19.0 Å². The lowest BCUT2D eigenvalue weighted by Crippen LogP contribution is -2.12. The summed E-state index contributed by atoms with van der Waals surface area (Å²) in [5.41, 5.74) is 1.16. The fraction of sp³-hybridized carbons (Fsp3) is 0.692. The average Bonchev–Trinajstić information content (AvgIpc) is 2.73. The van der Waals surface area contributed by atoms with Gasteiger partial charge in [0.2, 0.25) is 11.8 Å². The first-order valence-corrected chi connectivity index (χ1v) is 12.8. The predicted molar refractivity (Wildman–Crippen MR) is 134 cm³/mol. The van der Waals surface area contributed by atoms with Crippen molar-refractivity contribution in [2.75, 3.05) is 10.6 Å². The first-order chi connectivity index (χ1) is 15.0. The maximum absolute atomic E-state index is 12.1. The number of anilines is 2. The minimum absolute atomic E-state index is 0.00536. The minimum Gasteiger partial charge on any atom is -0.326 e. The third-order valence-electron chi connectivity index (χ3n) is 5.57. The van der Waals surface area contributed by atoms with Gasteiger partial charge in [-0.05, 0) is 24.6 Å². The van der Waals surface area contributed by atoms with Crippen molar-refractivity contribution in [2.24, 2.45) is 0 Å². The van der Waals surface area contributed by atoms with Crippen LogP contribution in [-0.4, -0.2) is 11.8 Å². The Kier molecular flexibility index (Phi) is 16.0. The summed E-state index contributed by atoms with van der Waals surface area (Å²) in [4.78, 5) is 23.3. The normalized spacial score (nSPS) is 10.8. The number of unbranched alkanes of at least 4 members (excludes halogenated alkanes) is 14. The third kappa shape index (κ3) is 15.0. The number of hydrogen-bond acceptors (Lipinski definition) is 2. The number of carbonyl (C=O) groups is 2. The Morgan fingerprint density at radius 3 is 1.71 bits per heavy atom. The van der Waals surface area contributed by atoms with E-state index in [2.05, 4.69) is 17.6 Å². The summed E-state index contributed by atoms with van der Waals surface area (Å²) in [6.07, 6.45) is 20.3. The number of hydrogen-bond donors (Lipinski definition) is 2. The van der Waals surface area contributed by atoms with E-state index in [1.165, 1.54) is 90.4 Å². The van der Waals surface area contributed by atoms with E-state index in [0.717, 1.165) is 12.8 Å². The highest BCUT2D eigenvalue weighted by Gasteiger charge is 2.07. The molecule has 2 N–H and O–H groups in total. The van der Waals surface area contributed by atoms with Crippen LogP contribution in [0, 0.1) is 0 Å². The van der Waals surface area contributed by atoms with Crippen LogP contribution in [0.3, 0.4) is 0 Å². The van der Waals surface area contributed by atoms with Crippen molar-refractivity contribution < 1.29 is 9.59 Å². The molecule has 1 aromatic rings. The molecule has 0 fully saturated rings. The van der Waals surface area contributed by atoms with Crippen molar-refractivity contribution in [3.8, 4) is 0 Å². The zero-order valence-corrected chi connectivity index (χ0v) is 20.5. The number of benzene rings is 1. The highest BCUT2D eigenvalue weighted by atomic mass is 35.5. The summed E-state index contributed by atoms with van der Waals surface area (Å²) in [6, 6.07) is 5.11. The van der Waals surface area contributed by atoms with Gasteiger partial charge in [-0.3, -0.25) is 9.59 Å². The Bertz CT molecular complexity index is 634. The molecule has 0 heterocycles. The van der Waals surface area contributed by atoms with Crippen LogP contribution in [0.5, 0.6) is 0 Å². The molecule has 1 aromatic carbocycles. The molecule has 0 aliphatic heterocycles. The van der Waals surface area contributed by atoms with E-state index >= 15 is 0 Å². The lowest BCUT2D eigenvalue weighted by molar-refractivity contribution is -0.116. The summed E-state index contributed by atoms with van der Waals surface area (Å²) >= 11 is 6.06. The molecule has 31 heavy (non-hydrogen) atoms. The van der Waals surface area contributed by atoms with Crippen LogP contribution < -0.4 is 10.6 Å². The molecule has 2 amide bonds. The number of amides is 2. The van der Waals surface area contributed by atoms with Gasteiger partial charge >= 0.3 is 0 Å². The van der Waals surface area contributed by atoms with Crippen LogP contribution in [0.15, 0.2) is 18.2 Å². The van der Waals surface area contributed by atoms with Gasteiger partial charge < -0.3 is 10.6 Å². The quantitative estimate of drug-likeness (QED) is 0.220. The second kappa shape index (κ2) is 18.1. The van der Waals surface area contributed by atoms with Crippen molar-refractivity contribution in [3.63, 3.8) is 0 Å². The second-order valence-electron chi connectivity index (χ2n) is 8.62. The zero-order chi connectivity index (χ0) is 22.7. The standard InChI is InChI=1S/C26H43ClN2O2/c1-3-4-5-6-7-8-9-10-11-12-13-14-15-16-17-18-26(31)29-23-19-20-24(27)25(21-23)28-22(2)30/h19-21H,3-18H2,1-2H3,(H,28,30)(H,29,31). The fourth-order valence-electron chi connectivity index (χ4n) is 3.77. The molecule has 4 nitrogen and oxygen atoms in total. The third-order valence-corrected chi connectivity index (χ3v) is 5.90. The maximum atomic E-state index is 12.1. The predicted octanol–water partition coefficient (Wildman–Crippen LogP) is 8.50. The molecule has 0 aromatic heterocycles. The second-order valence-corrected chi connectivity index (χ2v) is 9.03. The van der Waals surface area contributed by atoms with Crippen molar-refractivity contribution in [3.05, 3.63) is 23.2 Å². The smallest absolute Gasteiger partial charge is 0.224 e. The van der Waals surface area contributed by atoms with Gasteiger partial charge in [-0.25, -0.2) is 0 Å². The highest BCUT2D eigenvalue weighted by molar-refractivity contribution is 6.33. The van der Waals surface area contributed by atoms with Crippen LogP contribution in [0.2, 0.25) is 5.02 Å². The van der Waals surface area contributed by atoms with Crippen molar-refractivity contribution >= 4 is 34.8 Å². The molecule has 1 rings (SSSR count). The van der Waals surface area contributed by atoms with E-state index < -0.39 is 0 Å². The molecule has 0 radical (unpaired) electrons. The number of rotatable bonds is 18. The van der Waals surface area contributed by atoms with E-state index in [-0.39, 0.29) is 11.8 Å². The van der Waals surface area contributed by atoms with Gasteiger partial charge in [0.25, 0.3) is 0 Å². The molecule has 0 atom stereocenters. The molecule has 0 unspecified atom stereocenters. The first-order valence-electron chi connectivity index (χ1n) is 12.4. The van der Waals surface area contributed by atoms with Crippen molar-refractivity contribution in [2.45, 2.75) is 117 Å². The average molecular weight is 451 g/mol. The maximum Gasteiger partial charge on any atom is 0.224 e. The van der Waals surface area contributed by atoms with Gasteiger partial charge in [0.1, 0.15) is 0 Å². The molecule has 176 valence electrons. The van der Waals surface area contributed by atoms with Crippen molar-refractivity contribution in [1.82, 2.24) is 0 Å². The molecule has 0 bridgehead atoms. The Balaban J connectivity index is 1.98. The SMILES string of the molecule is CCCCCCCCCCCCCCCCCC(=O)Nc1ccc(Cl)c(NC(C)=O)c1. The number of nitrogens with one attached hydrogen (secondary N) is 2. The lowest BCUT2D eigenvalue weighted by atomic mass is 10.0. The van der Waals surface area contributed by atoms with Crippen LogP contribution in [0.25, 0.3) is 0 Å². The Labute approximate surface area is 194 Å². The van der Waals surface area contributed by atoms with E-state index in [1.54, 1.807) is 18.2 Å². The van der Waals surface area contributed by atoms with Gasteiger partial charge in [-0.2, -0.15) is 0 Å². The molecule has 0 saturated carbocycles. The molecule has 0 aliphatic rings. The highest BCUT2D eigenvalue weighted by Crippen LogP contribution is 2.25. The number of halogens is 1. The summed E-state index contributed by atoms with van der Waals surface area (Å²) in [6.45, 7) is 3.70. The molecular formula is C26H43ClN2O2. The van der Waals surface area contributed by atoms with E-state index in [9.17, 15) is 9.59 Å². The molecule has 5 heteroatoms. The molecule has 0 spiro atoms. The lowest BCUT2D eigenvalue weighted by Gasteiger charge is -2.09. The van der Waals surface area contributed by atoms with Gasteiger partial charge in [0.15, 0.2) is 0 Å². The largest absolute Gasteiger partial charge is 0.326 e. The summed E-state index contributed by atoms with van der Waals surface area (Å²) in [5.74, 6) is -0.186. The topological polar surface area (TPSA) is 58.2 Å². The Morgan fingerprint density at radius 1 is 0.742 bits per heavy atom. The van der Waals surface area contributed by atoms with Crippen LogP contribution in [-0.2, 0) is 9.59 Å². The molecule has 0 saturated heterocycles. The van der Waals surface area contributed by atoms with E-state index in [1.807, 2.05) is 0 Å². The summed E-state index contributed by atoms with van der Waals surface area (Å²) in [5, 5.41) is 6.00. The fourth-order valence-corrected chi connectivity index (χ4v) is 3.93. The van der Waals surface area contributed by atoms with Crippen LogP contribution >= 0.6 is 11.6 Å². The van der Waals surface area contributed by atoms with E-state index in [4.69, 9.17) is 11.6 Å². The van der Waals surface area contributed by atoms with Gasteiger partial charge in [-0.15, -0.1) is 0 Å². The Hall–Kier alpha value is -1.55.